The highest BCUT2D eigenvalue weighted by molar-refractivity contribution is 5.93. The van der Waals surface area contributed by atoms with E-state index >= 15 is 0 Å². The molecule has 1 saturated carbocycles. The Morgan fingerprint density at radius 3 is 1.84 bits per heavy atom. The Morgan fingerprint density at radius 1 is 0.680 bits per heavy atom. The smallest absolute Gasteiger partial charge is 0.144 e. The monoisotopic (exact) mass is 650 g/mol. The average Bonchev–Trinajstić information content (AvgIpc) is 3.58. The van der Waals surface area contributed by atoms with Crippen LogP contribution >= 0.6 is 0 Å². The second-order valence-electron chi connectivity index (χ2n) is 14.6. The third-order valence-electron chi connectivity index (χ3n) is 11.4. The van der Waals surface area contributed by atoms with Crippen molar-refractivity contribution in [3.63, 3.8) is 0 Å². The lowest BCUT2D eigenvalue weighted by Crippen LogP contribution is -2.10. The molecule has 1 aromatic heterocycles. The van der Waals surface area contributed by atoms with Gasteiger partial charge in [-0.05, 0) is 125 Å². The summed E-state index contributed by atoms with van der Waals surface area (Å²) in [5.41, 5.74) is 17.7. The Morgan fingerprint density at radius 2 is 1.28 bits per heavy atom. The van der Waals surface area contributed by atoms with Crippen molar-refractivity contribution in [3.05, 3.63) is 162 Å². The van der Waals surface area contributed by atoms with Crippen LogP contribution in [0.25, 0.3) is 56.0 Å². The van der Waals surface area contributed by atoms with Gasteiger partial charge in [0, 0.05) is 29.1 Å². The van der Waals surface area contributed by atoms with E-state index in [9.17, 15) is 0 Å². The number of allylic oxidation sites excluding steroid dienone is 4. The van der Waals surface area contributed by atoms with E-state index in [1.54, 1.807) is 0 Å². The van der Waals surface area contributed by atoms with Gasteiger partial charge in [-0.1, -0.05) is 123 Å². The molecule has 0 bridgehead atoms. The molecule has 8 rings (SSSR count). The van der Waals surface area contributed by atoms with Crippen molar-refractivity contribution in [1.82, 2.24) is 9.55 Å². The van der Waals surface area contributed by atoms with E-state index in [2.05, 4.69) is 167 Å². The quantitative estimate of drug-likeness (QED) is 0.160. The molecule has 1 unspecified atom stereocenters. The molecule has 0 radical (unpaired) electrons. The number of aromatic nitrogens is 2. The number of hydrogen-bond donors (Lipinski definition) is 0. The molecule has 2 heteroatoms. The van der Waals surface area contributed by atoms with E-state index in [-0.39, 0.29) is 5.41 Å². The molecule has 1 heterocycles. The number of imidazole rings is 1. The lowest BCUT2D eigenvalue weighted by atomic mass is 9.86. The molecule has 248 valence electrons. The van der Waals surface area contributed by atoms with Gasteiger partial charge in [0.1, 0.15) is 5.82 Å². The maximum atomic E-state index is 5.24. The fraction of sp³-hybridized carbons (Fsp3) is 0.229. The molecular weight excluding hydrogens is 605 g/mol. The zero-order valence-electron chi connectivity index (χ0n) is 30.0. The van der Waals surface area contributed by atoms with E-state index in [0.717, 1.165) is 18.7 Å². The predicted octanol–water partition coefficient (Wildman–Crippen LogP) is 12.9. The van der Waals surface area contributed by atoms with Crippen LogP contribution in [0.4, 0.5) is 0 Å². The molecule has 2 atom stereocenters. The molecule has 2 aliphatic carbocycles. The van der Waals surface area contributed by atoms with Crippen LogP contribution in [0.5, 0.6) is 0 Å². The molecule has 0 spiro atoms. The summed E-state index contributed by atoms with van der Waals surface area (Å²) in [7, 11) is 0. The standard InChI is InChI=1S/C48H46N2/c1-6-38-31-48(38,5)45-25-24-36(39-21-13-10-16-32(39)2)28-44(45)47-49-26-27-50(47)46-42(40-22-14-11-17-33(40)3)29-37(35-19-8-7-9-20-35)30-43(46)41-23-15-12-18-34(41)4/h8,10-30,38H,6-7,9,31H2,1-5H3/t38-,48?/m0/s1. The van der Waals surface area contributed by atoms with Crippen LogP contribution in [-0.2, 0) is 5.41 Å². The zero-order chi connectivity index (χ0) is 34.4. The van der Waals surface area contributed by atoms with Crippen molar-refractivity contribution < 1.29 is 0 Å². The molecule has 0 aliphatic heterocycles. The number of rotatable bonds is 8. The van der Waals surface area contributed by atoms with Crippen molar-refractivity contribution in [2.45, 2.75) is 65.7 Å². The van der Waals surface area contributed by atoms with Crippen molar-refractivity contribution in [2.75, 3.05) is 0 Å². The van der Waals surface area contributed by atoms with Gasteiger partial charge in [-0.25, -0.2) is 4.98 Å². The van der Waals surface area contributed by atoms with E-state index in [4.69, 9.17) is 4.98 Å². The summed E-state index contributed by atoms with van der Waals surface area (Å²) in [6.45, 7) is 11.5. The van der Waals surface area contributed by atoms with Crippen LogP contribution in [0, 0.1) is 26.7 Å². The molecule has 50 heavy (non-hydrogen) atoms. The van der Waals surface area contributed by atoms with E-state index < -0.39 is 0 Å². The Hall–Kier alpha value is -5.21. The first kappa shape index (κ1) is 32.0. The SMILES string of the molecule is CC[C@H]1CC1(C)c1ccc(-c2ccccc2C)cc1-c1nccn1-c1c(-c2ccccc2C)cc(C2=CCCC=C2)cc1-c1ccccc1C. The first-order valence-electron chi connectivity index (χ1n) is 18.3. The second-order valence-corrected chi connectivity index (χ2v) is 14.6. The highest BCUT2D eigenvalue weighted by atomic mass is 15.1. The lowest BCUT2D eigenvalue weighted by Gasteiger charge is -2.24. The topological polar surface area (TPSA) is 17.8 Å². The number of benzene rings is 5. The van der Waals surface area contributed by atoms with E-state index in [0.29, 0.717) is 5.92 Å². The minimum Gasteiger partial charge on any atom is -0.299 e. The van der Waals surface area contributed by atoms with Crippen LogP contribution in [0.15, 0.2) is 134 Å². The second kappa shape index (κ2) is 12.9. The summed E-state index contributed by atoms with van der Waals surface area (Å²) in [5, 5.41) is 0. The van der Waals surface area contributed by atoms with Crippen LogP contribution in [0.3, 0.4) is 0 Å². The Bertz CT molecular complexity index is 2230. The van der Waals surface area contributed by atoms with Crippen molar-refractivity contribution in [2.24, 2.45) is 5.92 Å². The van der Waals surface area contributed by atoms with Gasteiger partial charge in [-0.15, -0.1) is 0 Å². The van der Waals surface area contributed by atoms with Crippen molar-refractivity contribution >= 4 is 5.57 Å². The van der Waals surface area contributed by atoms with Gasteiger partial charge in [0.2, 0.25) is 0 Å². The summed E-state index contributed by atoms with van der Waals surface area (Å²) in [6, 6.07) is 38.4. The maximum absolute atomic E-state index is 5.24. The third-order valence-corrected chi connectivity index (χ3v) is 11.4. The summed E-state index contributed by atoms with van der Waals surface area (Å²) in [6.07, 6.45) is 15.7. The van der Waals surface area contributed by atoms with Crippen LogP contribution in [-0.4, -0.2) is 9.55 Å². The molecule has 2 nitrogen and oxygen atoms in total. The minimum absolute atomic E-state index is 0.131. The fourth-order valence-electron chi connectivity index (χ4n) is 8.40. The van der Waals surface area contributed by atoms with E-state index in [1.807, 2.05) is 6.20 Å². The molecule has 1 fully saturated rings. The molecule has 0 saturated heterocycles. The highest BCUT2D eigenvalue weighted by Gasteiger charge is 2.51. The zero-order valence-corrected chi connectivity index (χ0v) is 30.0. The van der Waals surface area contributed by atoms with Gasteiger partial charge < -0.3 is 0 Å². The minimum atomic E-state index is 0.131. The number of nitrogens with zero attached hydrogens (tertiary/aromatic N) is 2. The first-order valence-corrected chi connectivity index (χ1v) is 18.3. The Kier molecular flexibility index (Phi) is 8.27. The van der Waals surface area contributed by atoms with Crippen molar-refractivity contribution in [1.29, 1.82) is 0 Å². The number of hydrogen-bond acceptors (Lipinski definition) is 1. The Balaban J connectivity index is 1.45. The molecule has 6 aromatic rings. The van der Waals surface area contributed by atoms with Crippen LogP contribution in [0.1, 0.15) is 67.3 Å². The lowest BCUT2D eigenvalue weighted by molar-refractivity contribution is 0.643. The van der Waals surface area contributed by atoms with Gasteiger partial charge >= 0.3 is 0 Å². The summed E-state index contributed by atoms with van der Waals surface area (Å²) < 4.78 is 2.39. The van der Waals surface area contributed by atoms with Gasteiger partial charge in [0.25, 0.3) is 0 Å². The largest absolute Gasteiger partial charge is 0.299 e. The molecular formula is C48H46N2. The maximum Gasteiger partial charge on any atom is 0.144 e. The van der Waals surface area contributed by atoms with Crippen LogP contribution < -0.4 is 0 Å². The third kappa shape index (κ3) is 5.57. The Labute approximate surface area is 297 Å². The van der Waals surface area contributed by atoms with Gasteiger partial charge in [-0.3, -0.25) is 4.57 Å². The normalized spacial score (nSPS) is 18.3. The fourth-order valence-corrected chi connectivity index (χ4v) is 8.40. The molecule has 0 amide bonds. The van der Waals surface area contributed by atoms with Gasteiger partial charge in [0.15, 0.2) is 0 Å². The predicted molar refractivity (Wildman–Crippen MR) is 212 cm³/mol. The first-order chi connectivity index (χ1) is 24.4. The van der Waals surface area contributed by atoms with Gasteiger partial charge in [-0.2, -0.15) is 0 Å². The van der Waals surface area contributed by atoms with Crippen LogP contribution in [0.2, 0.25) is 0 Å². The summed E-state index contributed by atoms with van der Waals surface area (Å²) in [4.78, 5) is 5.24. The van der Waals surface area contributed by atoms with Crippen molar-refractivity contribution in [3.8, 4) is 50.5 Å². The average molecular weight is 651 g/mol. The molecule has 5 aromatic carbocycles. The molecule has 2 aliphatic rings. The summed E-state index contributed by atoms with van der Waals surface area (Å²) >= 11 is 0. The highest BCUT2D eigenvalue weighted by Crippen LogP contribution is 2.58. The van der Waals surface area contributed by atoms with E-state index in [1.165, 1.54) is 90.9 Å². The number of aryl methyl sites for hydroxylation is 3. The molecule has 0 N–H and O–H groups in total. The van der Waals surface area contributed by atoms with Gasteiger partial charge in [0.05, 0.1) is 5.69 Å². The summed E-state index contributed by atoms with van der Waals surface area (Å²) in [5.74, 6) is 1.67.